The van der Waals surface area contributed by atoms with E-state index >= 15 is 0 Å². The molecular formula is C64H48N4. The molecule has 8 aromatic carbocycles. The van der Waals surface area contributed by atoms with Gasteiger partial charge in [-0.1, -0.05) is 191 Å². The standard InChI is InChI=1S/C64H48N4/c1-63(2)54-31-30-39-18-11-12-23-46(39)58(54)52-37-51-48-25-14-16-29-56(48)68(57(51)38-55(52)63)44-35-42(45-32-33-64(3)53-28-15-13-24-47(53)50-27-17-26-49(45)59(50)64)34-43(36-44)62-66-60(40-19-7-5-8-20-40)65-61(67(62)4)41-21-9-6-10-22-41/h5-38,59,61H,1-4H3. The van der Waals surface area contributed by atoms with E-state index in [1.54, 1.807) is 0 Å². The number of amidine groups is 2. The first-order valence-electron chi connectivity index (χ1n) is 23.9. The van der Waals surface area contributed by atoms with Crippen LogP contribution < -0.4 is 0 Å². The normalized spacial score (nSPS) is 20.6. The number of hydrogen-bond acceptors (Lipinski definition) is 3. The van der Waals surface area contributed by atoms with Gasteiger partial charge in [-0.2, -0.15) is 0 Å². The number of aromatic nitrogens is 1. The number of benzene rings is 8. The molecule has 0 amide bonds. The Balaban J connectivity index is 1.04. The van der Waals surface area contributed by atoms with Gasteiger partial charge in [-0.05, 0) is 108 Å². The van der Waals surface area contributed by atoms with Crippen LogP contribution in [0.25, 0.3) is 60.5 Å². The third-order valence-electron chi connectivity index (χ3n) is 15.9. The molecule has 5 aliphatic rings. The molecule has 0 N–H and O–H groups in total. The number of nitrogens with zero attached hydrogens (tertiary/aromatic N) is 4. The second kappa shape index (κ2) is 14.2. The van der Waals surface area contributed by atoms with Crippen molar-refractivity contribution in [2.75, 3.05) is 7.05 Å². The first-order valence-corrected chi connectivity index (χ1v) is 23.9. The fourth-order valence-electron chi connectivity index (χ4n) is 12.6. The number of hydrogen-bond donors (Lipinski definition) is 0. The molecule has 3 atom stereocenters. The van der Waals surface area contributed by atoms with Crippen LogP contribution in [0.4, 0.5) is 0 Å². The fourth-order valence-corrected chi connectivity index (χ4v) is 12.6. The maximum Gasteiger partial charge on any atom is 0.159 e. The summed E-state index contributed by atoms with van der Waals surface area (Å²) >= 11 is 0. The average Bonchev–Trinajstić information content (AvgIpc) is 3.94. The predicted octanol–water partition coefficient (Wildman–Crippen LogP) is 14.9. The molecule has 0 saturated heterocycles. The summed E-state index contributed by atoms with van der Waals surface area (Å²) in [5.41, 5.74) is 19.6. The molecular weight excluding hydrogens is 825 g/mol. The molecule has 324 valence electrons. The Labute approximate surface area is 397 Å². The summed E-state index contributed by atoms with van der Waals surface area (Å²) in [5.74, 6) is 1.82. The van der Waals surface area contributed by atoms with E-state index < -0.39 is 0 Å². The largest absolute Gasteiger partial charge is 0.333 e. The molecule has 0 radical (unpaired) electrons. The average molecular weight is 873 g/mol. The van der Waals surface area contributed by atoms with E-state index in [4.69, 9.17) is 9.98 Å². The molecule has 0 bridgehead atoms. The van der Waals surface area contributed by atoms with Crippen molar-refractivity contribution in [1.82, 2.24) is 9.47 Å². The molecule has 9 aromatic rings. The van der Waals surface area contributed by atoms with E-state index in [-0.39, 0.29) is 22.9 Å². The monoisotopic (exact) mass is 872 g/mol. The molecule has 3 unspecified atom stereocenters. The predicted molar refractivity (Wildman–Crippen MR) is 283 cm³/mol. The van der Waals surface area contributed by atoms with Gasteiger partial charge in [0.25, 0.3) is 0 Å². The zero-order chi connectivity index (χ0) is 45.5. The Morgan fingerprint density at radius 3 is 2.15 bits per heavy atom. The van der Waals surface area contributed by atoms with Gasteiger partial charge in [-0.3, -0.25) is 0 Å². The summed E-state index contributed by atoms with van der Waals surface area (Å²) in [6.07, 6.45) is 11.6. The molecule has 1 aliphatic heterocycles. The maximum atomic E-state index is 5.51. The lowest BCUT2D eigenvalue weighted by Crippen LogP contribution is -2.35. The van der Waals surface area contributed by atoms with Crippen molar-refractivity contribution < 1.29 is 0 Å². The molecule has 1 aromatic heterocycles. The van der Waals surface area contributed by atoms with Crippen LogP contribution in [0.15, 0.2) is 222 Å². The van der Waals surface area contributed by atoms with Gasteiger partial charge in [-0.25, -0.2) is 9.98 Å². The number of aliphatic imine (C=N–C) groups is 2. The molecule has 0 saturated carbocycles. The van der Waals surface area contributed by atoms with Gasteiger partial charge in [0.1, 0.15) is 12.0 Å². The van der Waals surface area contributed by atoms with E-state index in [9.17, 15) is 0 Å². The Hall–Kier alpha value is -8.08. The van der Waals surface area contributed by atoms with Gasteiger partial charge >= 0.3 is 0 Å². The third-order valence-corrected chi connectivity index (χ3v) is 15.9. The van der Waals surface area contributed by atoms with Crippen LogP contribution >= 0.6 is 0 Å². The highest BCUT2D eigenvalue weighted by molar-refractivity contribution is 6.15. The van der Waals surface area contributed by atoms with Crippen LogP contribution in [0, 0.1) is 5.92 Å². The van der Waals surface area contributed by atoms with Crippen molar-refractivity contribution in [3.05, 3.63) is 256 Å². The second-order valence-electron chi connectivity index (χ2n) is 20.0. The van der Waals surface area contributed by atoms with Crippen molar-refractivity contribution in [2.24, 2.45) is 15.9 Å². The summed E-state index contributed by atoms with van der Waals surface area (Å²) in [7, 11) is 2.14. The fraction of sp³-hybridized carbons (Fsp3) is 0.125. The SMILES string of the molecule is CN1C(c2cc(C3=C4C=CC=C5c6ccccc6C(C)(C=C3)C54)cc(-n3c4ccccc4c4cc5c(cc43)C(C)(C)c3ccc4ccccc4c3-5)c2)=NC(c2ccccc2)=NC1c1ccccc1. The van der Waals surface area contributed by atoms with Crippen LogP contribution in [-0.4, -0.2) is 28.2 Å². The zero-order valence-corrected chi connectivity index (χ0v) is 38.6. The smallest absolute Gasteiger partial charge is 0.159 e. The van der Waals surface area contributed by atoms with Gasteiger partial charge < -0.3 is 9.47 Å². The van der Waals surface area contributed by atoms with Crippen molar-refractivity contribution in [2.45, 2.75) is 37.8 Å². The minimum absolute atomic E-state index is 0.146. The van der Waals surface area contributed by atoms with Crippen LogP contribution in [0.3, 0.4) is 0 Å². The van der Waals surface area contributed by atoms with Gasteiger partial charge in [0.15, 0.2) is 5.84 Å². The Bertz CT molecular complexity index is 3850. The van der Waals surface area contributed by atoms with Gasteiger partial charge in [0.05, 0.1) is 11.0 Å². The molecule has 4 nitrogen and oxygen atoms in total. The van der Waals surface area contributed by atoms with Crippen LogP contribution in [0.5, 0.6) is 0 Å². The number of fused-ring (bicyclic) bond motifs is 11. The Morgan fingerprint density at radius 2 is 1.29 bits per heavy atom. The van der Waals surface area contributed by atoms with Crippen molar-refractivity contribution in [3.8, 4) is 16.8 Å². The van der Waals surface area contributed by atoms with E-state index in [0.717, 1.165) is 39.6 Å². The molecule has 2 heterocycles. The van der Waals surface area contributed by atoms with Crippen molar-refractivity contribution in [1.29, 1.82) is 0 Å². The number of allylic oxidation sites excluding steroid dienone is 8. The summed E-state index contributed by atoms with van der Waals surface area (Å²) in [5, 5.41) is 5.08. The Morgan fingerprint density at radius 1 is 0.559 bits per heavy atom. The highest BCUT2D eigenvalue weighted by Crippen LogP contribution is 2.59. The molecule has 4 aliphatic carbocycles. The lowest BCUT2D eigenvalue weighted by molar-refractivity contribution is 0.383. The lowest BCUT2D eigenvalue weighted by atomic mass is 9.66. The summed E-state index contributed by atoms with van der Waals surface area (Å²) < 4.78 is 2.52. The van der Waals surface area contributed by atoms with Crippen LogP contribution in [-0.2, 0) is 10.8 Å². The van der Waals surface area contributed by atoms with Crippen LogP contribution in [0.2, 0.25) is 0 Å². The Kier molecular flexibility index (Phi) is 8.18. The lowest BCUT2D eigenvalue weighted by Gasteiger charge is -2.37. The molecule has 68 heavy (non-hydrogen) atoms. The first kappa shape index (κ1) is 39.1. The van der Waals surface area contributed by atoms with Gasteiger partial charge in [0, 0.05) is 51.4 Å². The van der Waals surface area contributed by atoms with Crippen molar-refractivity contribution in [3.63, 3.8) is 0 Å². The minimum atomic E-state index is -0.273. The van der Waals surface area contributed by atoms with E-state index in [1.807, 2.05) is 0 Å². The highest BCUT2D eigenvalue weighted by Gasteiger charge is 2.48. The summed E-state index contributed by atoms with van der Waals surface area (Å²) in [6.45, 7) is 7.22. The van der Waals surface area contributed by atoms with Crippen molar-refractivity contribution >= 4 is 55.4 Å². The minimum Gasteiger partial charge on any atom is -0.333 e. The summed E-state index contributed by atoms with van der Waals surface area (Å²) in [4.78, 5) is 13.1. The zero-order valence-electron chi connectivity index (χ0n) is 38.6. The second-order valence-corrected chi connectivity index (χ2v) is 20.0. The quantitative estimate of drug-likeness (QED) is 0.170. The molecule has 14 rings (SSSR count). The van der Waals surface area contributed by atoms with Gasteiger partial charge in [0.2, 0.25) is 0 Å². The third kappa shape index (κ3) is 5.43. The highest BCUT2D eigenvalue weighted by atomic mass is 15.3. The van der Waals surface area contributed by atoms with E-state index in [2.05, 4.69) is 244 Å². The molecule has 0 spiro atoms. The van der Waals surface area contributed by atoms with Crippen LogP contribution in [0.1, 0.15) is 71.4 Å². The van der Waals surface area contributed by atoms with Gasteiger partial charge in [-0.15, -0.1) is 0 Å². The van der Waals surface area contributed by atoms with E-state index in [0.29, 0.717) is 0 Å². The first-order chi connectivity index (χ1) is 33.3. The van der Waals surface area contributed by atoms with E-state index in [1.165, 1.54) is 82.7 Å². The summed E-state index contributed by atoms with van der Waals surface area (Å²) in [6, 6.07) is 64.7. The molecule has 4 heteroatoms. The maximum absolute atomic E-state index is 5.51. The molecule has 0 fully saturated rings. The topological polar surface area (TPSA) is 32.9 Å². The number of para-hydroxylation sites is 1. The number of rotatable bonds is 5.